The van der Waals surface area contributed by atoms with Crippen LogP contribution >= 0.6 is 0 Å². The molecule has 1 aliphatic heterocycles. The van der Waals surface area contributed by atoms with E-state index in [0.29, 0.717) is 13.0 Å². The normalized spacial score (nSPS) is 22.2. The number of nitrogens with one attached hydrogen (secondary N) is 2. The van der Waals surface area contributed by atoms with Crippen LogP contribution in [0.3, 0.4) is 0 Å². The van der Waals surface area contributed by atoms with Crippen molar-refractivity contribution in [3.63, 3.8) is 0 Å². The molecule has 0 saturated carbocycles. The van der Waals surface area contributed by atoms with Crippen LogP contribution in [0.5, 0.6) is 0 Å². The summed E-state index contributed by atoms with van der Waals surface area (Å²) >= 11 is 0. The summed E-state index contributed by atoms with van der Waals surface area (Å²) < 4.78 is 48.6. The van der Waals surface area contributed by atoms with Crippen molar-refractivity contribution in [2.24, 2.45) is 5.92 Å². The third-order valence-corrected chi connectivity index (χ3v) is 2.49. The second kappa shape index (κ2) is 5.47. The van der Waals surface area contributed by atoms with Crippen molar-refractivity contribution in [1.82, 2.24) is 10.6 Å². The average Bonchev–Trinajstić information content (AvgIpc) is 2.27. The lowest BCUT2D eigenvalue weighted by Gasteiger charge is -2.23. The Balaban J connectivity index is 2.34. The summed E-state index contributed by atoms with van der Waals surface area (Å²) in [6.07, 6.45) is -2.38. The Kier molecular flexibility index (Phi) is 4.52. The predicted octanol–water partition coefficient (Wildman–Crippen LogP) is 1.00. The molecule has 1 rings (SSSR count). The highest BCUT2D eigenvalue weighted by Crippen LogP contribution is 2.21. The zero-order valence-corrected chi connectivity index (χ0v) is 8.61. The van der Waals surface area contributed by atoms with Gasteiger partial charge in [-0.15, -0.1) is 0 Å². The summed E-state index contributed by atoms with van der Waals surface area (Å²) in [5.41, 5.74) is 0. The van der Waals surface area contributed by atoms with Gasteiger partial charge in [-0.3, -0.25) is 4.79 Å². The van der Waals surface area contributed by atoms with Crippen molar-refractivity contribution in [1.29, 1.82) is 0 Å². The number of hydrogen-bond donors (Lipinski definition) is 2. The number of carbonyl (C=O) groups excluding carboxylic acids is 1. The van der Waals surface area contributed by atoms with Crippen LogP contribution in [0.25, 0.3) is 0 Å². The van der Waals surface area contributed by atoms with E-state index in [1.54, 1.807) is 0 Å². The Bertz CT molecular complexity index is 242. The lowest BCUT2D eigenvalue weighted by molar-refractivity contribution is -0.139. The maximum Gasteiger partial charge on any atom is 0.324 e. The van der Waals surface area contributed by atoms with Gasteiger partial charge >= 0.3 is 12.3 Å². The molecule has 1 amide bonds. The van der Waals surface area contributed by atoms with Crippen LogP contribution in [-0.2, 0) is 4.79 Å². The van der Waals surface area contributed by atoms with E-state index >= 15 is 0 Å². The molecule has 2 N–H and O–H groups in total. The van der Waals surface area contributed by atoms with Crippen LogP contribution < -0.4 is 10.6 Å². The Hall–Kier alpha value is -0.850. The number of amides is 1. The fourth-order valence-corrected chi connectivity index (χ4v) is 1.50. The topological polar surface area (TPSA) is 41.1 Å². The van der Waals surface area contributed by atoms with Gasteiger partial charge in [-0.25, -0.2) is 8.78 Å². The van der Waals surface area contributed by atoms with Gasteiger partial charge in [0.1, 0.15) is 0 Å². The minimum absolute atomic E-state index is 0.401. The number of alkyl halides is 4. The van der Waals surface area contributed by atoms with Crippen molar-refractivity contribution in [2.45, 2.75) is 25.2 Å². The highest BCUT2D eigenvalue weighted by atomic mass is 19.3. The van der Waals surface area contributed by atoms with Crippen LogP contribution in [0.2, 0.25) is 0 Å². The predicted molar refractivity (Wildman–Crippen MR) is 49.6 cm³/mol. The molecule has 1 atom stereocenters. The van der Waals surface area contributed by atoms with Gasteiger partial charge in [-0.2, -0.15) is 8.78 Å². The molecule has 0 aromatic carbocycles. The first-order valence-corrected chi connectivity index (χ1v) is 5.08. The van der Waals surface area contributed by atoms with Crippen LogP contribution in [0.1, 0.15) is 12.8 Å². The molecule has 7 heteroatoms. The van der Waals surface area contributed by atoms with E-state index in [-0.39, 0.29) is 0 Å². The van der Waals surface area contributed by atoms with E-state index in [0.717, 1.165) is 13.0 Å². The van der Waals surface area contributed by atoms with Gasteiger partial charge in [0.15, 0.2) is 0 Å². The second-order valence-electron chi connectivity index (χ2n) is 3.82. The van der Waals surface area contributed by atoms with E-state index < -0.39 is 30.7 Å². The molecule has 0 spiro atoms. The first kappa shape index (κ1) is 13.2. The number of rotatable bonds is 4. The average molecular weight is 242 g/mol. The summed E-state index contributed by atoms with van der Waals surface area (Å²) in [4.78, 5) is 11.3. The van der Waals surface area contributed by atoms with E-state index in [9.17, 15) is 22.4 Å². The Labute approximate surface area is 90.6 Å². The summed E-state index contributed by atoms with van der Waals surface area (Å²) in [5, 5.41) is 4.80. The molecule has 0 bridgehead atoms. The molecule has 94 valence electrons. The molecule has 0 aliphatic carbocycles. The molecule has 1 heterocycles. The van der Waals surface area contributed by atoms with E-state index in [1.807, 2.05) is 5.32 Å². The summed E-state index contributed by atoms with van der Waals surface area (Å²) in [7, 11) is 0. The quantitative estimate of drug-likeness (QED) is 0.722. The molecular weight excluding hydrogens is 228 g/mol. The third-order valence-electron chi connectivity index (χ3n) is 2.49. The number of piperidine rings is 1. The third kappa shape index (κ3) is 3.62. The summed E-state index contributed by atoms with van der Waals surface area (Å²) in [5.74, 6) is -5.15. The smallest absolute Gasteiger partial charge is 0.324 e. The lowest BCUT2D eigenvalue weighted by Crippen LogP contribution is -2.46. The number of hydrogen-bond acceptors (Lipinski definition) is 2. The number of halogens is 4. The first-order valence-electron chi connectivity index (χ1n) is 5.08. The van der Waals surface area contributed by atoms with Crippen LogP contribution in [0.4, 0.5) is 17.6 Å². The first-order chi connectivity index (χ1) is 7.43. The summed E-state index contributed by atoms with van der Waals surface area (Å²) in [6.45, 7) is -0.108. The fourth-order valence-electron chi connectivity index (χ4n) is 1.50. The van der Waals surface area contributed by atoms with Gasteiger partial charge in [-0.1, -0.05) is 0 Å². The van der Waals surface area contributed by atoms with Crippen LogP contribution in [-0.4, -0.2) is 37.9 Å². The minimum Gasteiger partial charge on any atom is -0.350 e. The van der Waals surface area contributed by atoms with Gasteiger partial charge in [0.25, 0.3) is 0 Å². The Morgan fingerprint density at radius 1 is 1.50 bits per heavy atom. The molecule has 1 fully saturated rings. The summed E-state index contributed by atoms with van der Waals surface area (Å²) in [6, 6.07) is 0. The molecule has 0 radical (unpaired) electrons. The molecule has 1 aliphatic rings. The zero-order valence-electron chi connectivity index (χ0n) is 8.61. The SMILES string of the molecule is O=C(NCC(F)(F)C(F)F)C1CCCNC1. The van der Waals surface area contributed by atoms with Crippen LogP contribution in [0, 0.1) is 5.92 Å². The van der Waals surface area contributed by atoms with E-state index in [1.165, 1.54) is 0 Å². The molecule has 0 aromatic heterocycles. The van der Waals surface area contributed by atoms with Gasteiger partial charge in [-0.05, 0) is 19.4 Å². The molecule has 3 nitrogen and oxygen atoms in total. The second-order valence-corrected chi connectivity index (χ2v) is 3.82. The Morgan fingerprint density at radius 2 is 2.19 bits per heavy atom. The standard InChI is InChI=1S/C9H14F4N2O/c10-8(11)9(12,13)5-15-7(16)6-2-1-3-14-4-6/h6,8,14H,1-5H2,(H,15,16). The molecule has 0 aromatic rings. The Morgan fingerprint density at radius 3 is 2.69 bits per heavy atom. The zero-order chi connectivity index (χ0) is 12.2. The largest absolute Gasteiger partial charge is 0.350 e. The van der Waals surface area contributed by atoms with Crippen molar-refractivity contribution in [3.8, 4) is 0 Å². The molecule has 1 unspecified atom stereocenters. The van der Waals surface area contributed by atoms with E-state index in [2.05, 4.69) is 5.32 Å². The molecular formula is C9H14F4N2O. The van der Waals surface area contributed by atoms with Crippen molar-refractivity contribution in [3.05, 3.63) is 0 Å². The van der Waals surface area contributed by atoms with Crippen molar-refractivity contribution < 1.29 is 22.4 Å². The highest BCUT2D eigenvalue weighted by molar-refractivity contribution is 5.79. The van der Waals surface area contributed by atoms with Gasteiger partial charge in [0.2, 0.25) is 5.91 Å². The fraction of sp³-hybridized carbons (Fsp3) is 0.889. The lowest BCUT2D eigenvalue weighted by atomic mass is 9.99. The highest BCUT2D eigenvalue weighted by Gasteiger charge is 2.41. The number of carbonyl (C=O) groups is 1. The minimum atomic E-state index is -4.16. The van der Waals surface area contributed by atoms with Crippen molar-refractivity contribution in [2.75, 3.05) is 19.6 Å². The molecule has 16 heavy (non-hydrogen) atoms. The van der Waals surface area contributed by atoms with Gasteiger partial charge < -0.3 is 10.6 Å². The van der Waals surface area contributed by atoms with Gasteiger partial charge in [0.05, 0.1) is 12.5 Å². The van der Waals surface area contributed by atoms with Gasteiger partial charge in [0, 0.05) is 6.54 Å². The maximum atomic E-state index is 12.5. The van der Waals surface area contributed by atoms with E-state index in [4.69, 9.17) is 0 Å². The molecule has 1 saturated heterocycles. The monoisotopic (exact) mass is 242 g/mol. The maximum absolute atomic E-state index is 12.5. The van der Waals surface area contributed by atoms with Crippen molar-refractivity contribution >= 4 is 5.91 Å². The van der Waals surface area contributed by atoms with Crippen LogP contribution in [0.15, 0.2) is 0 Å².